The molecule has 0 heterocycles. The van der Waals surface area contributed by atoms with E-state index in [0.717, 1.165) is 22.9 Å². The van der Waals surface area contributed by atoms with Gasteiger partial charge in [0.25, 0.3) is 0 Å². The summed E-state index contributed by atoms with van der Waals surface area (Å²) < 4.78 is 14.1. The van der Waals surface area contributed by atoms with Crippen LogP contribution in [0.15, 0.2) is 16.6 Å². The molecule has 1 nitrogen and oxygen atoms in total. The molecule has 1 aliphatic carbocycles. The minimum Gasteiger partial charge on any atom is -0.392 e. The van der Waals surface area contributed by atoms with Gasteiger partial charge >= 0.3 is 0 Å². The van der Waals surface area contributed by atoms with E-state index in [1.165, 1.54) is 6.07 Å². The van der Waals surface area contributed by atoms with Gasteiger partial charge in [-0.3, -0.25) is 0 Å². The van der Waals surface area contributed by atoms with Crippen LogP contribution in [0.5, 0.6) is 0 Å². The summed E-state index contributed by atoms with van der Waals surface area (Å²) in [6.07, 6.45) is 2.23. The number of hydrogen-bond donors (Lipinski definition) is 1. The number of rotatable bonds is 2. The molecular formula is C10H10BrFO. The molecular weight excluding hydrogens is 235 g/mol. The summed E-state index contributed by atoms with van der Waals surface area (Å²) >= 11 is 3.25. The Kier molecular flexibility index (Phi) is 2.39. The predicted octanol–water partition coefficient (Wildman–Crippen LogP) is 2.96. The van der Waals surface area contributed by atoms with Crippen LogP contribution >= 0.6 is 15.9 Å². The zero-order valence-corrected chi connectivity index (χ0v) is 8.64. The molecule has 13 heavy (non-hydrogen) atoms. The topological polar surface area (TPSA) is 20.2 Å². The third-order valence-corrected chi connectivity index (χ3v) is 2.83. The van der Waals surface area contributed by atoms with Crippen LogP contribution in [0.25, 0.3) is 0 Å². The van der Waals surface area contributed by atoms with Crippen molar-refractivity contribution in [2.75, 3.05) is 0 Å². The van der Waals surface area contributed by atoms with Gasteiger partial charge in [-0.15, -0.1) is 0 Å². The third-order valence-electron chi connectivity index (χ3n) is 2.37. The molecule has 0 amide bonds. The van der Waals surface area contributed by atoms with Gasteiger partial charge in [0.1, 0.15) is 5.82 Å². The highest BCUT2D eigenvalue weighted by atomic mass is 79.9. The second-order valence-corrected chi connectivity index (χ2v) is 4.30. The van der Waals surface area contributed by atoms with E-state index in [-0.39, 0.29) is 12.4 Å². The van der Waals surface area contributed by atoms with E-state index in [0.29, 0.717) is 11.5 Å². The lowest BCUT2D eigenvalue weighted by Gasteiger charge is -2.07. The molecule has 1 fully saturated rings. The number of benzene rings is 1. The molecule has 0 radical (unpaired) electrons. The van der Waals surface area contributed by atoms with Gasteiger partial charge in [0.05, 0.1) is 6.61 Å². The van der Waals surface area contributed by atoms with Crippen molar-refractivity contribution in [3.8, 4) is 0 Å². The van der Waals surface area contributed by atoms with Crippen LogP contribution in [0.1, 0.15) is 29.9 Å². The van der Waals surface area contributed by atoms with Gasteiger partial charge < -0.3 is 5.11 Å². The van der Waals surface area contributed by atoms with Crippen LogP contribution in [0, 0.1) is 5.82 Å². The van der Waals surface area contributed by atoms with E-state index in [2.05, 4.69) is 15.9 Å². The Morgan fingerprint density at radius 1 is 1.46 bits per heavy atom. The molecule has 0 aliphatic heterocycles. The summed E-state index contributed by atoms with van der Waals surface area (Å²) in [6, 6.07) is 3.31. The fourth-order valence-corrected chi connectivity index (χ4v) is 2.00. The lowest BCUT2D eigenvalue weighted by atomic mass is 10.0. The van der Waals surface area contributed by atoms with Crippen LogP contribution in [0.3, 0.4) is 0 Å². The van der Waals surface area contributed by atoms with Crippen LogP contribution in [-0.4, -0.2) is 5.11 Å². The Hall–Kier alpha value is -0.410. The van der Waals surface area contributed by atoms with Gasteiger partial charge in [0.15, 0.2) is 0 Å². The Labute approximate surface area is 84.7 Å². The molecule has 0 bridgehead atoms. The van der Waals surface area contributed by atoms with Crippen LogP contribution in [0.2, 0.25) is 0 Å². The van der Waals surface area contributed by atoms with Crippen LogP contribution < -0.4 is 0 Å². The molecule has 0 aromatic heterocycles. The first-order valence-corrected chi connectivity index (χ1v) is 5.10. The van der Waals surface area contributed by atoms with Crippen LogP contribution in [0.4, 0.5) is 4.39 Å². The highest BCUT2D eigenvalue weighted by molar-refractivity contribution is 9.10. The monoisotopic (exact) mass is 244 g/mol. The molecule has 0 atom stereocenters. The predicted molar refractivity (Wildman–Crippen MR) is 52.0 cm³/mol. The minimum atomic E-state index is -0.307. The number of aliphatic hydroxyl groups is 1. The maximum atomic E-state index is 13.3. The molecule has 0 spiro atoms. The largest absolute Gasteiger partial charge is 0.392 e. The van der Waals surface area contributed by atoms with Gasteiger partial charge in [0.2, 0.25) is 0 Å². The van der Waals surface area contributed by atoms with E-state index in [4.69, 9.17) is 5.11 Å². The molecule has 1 aromatic carbocycles. The molecule has 1 N–H and O–H groups in total. The summed E-state index contributed by atoms with van der Waals surface area (Å²) in [5.41, 5.74) is 1.43. The zero-order valence-electron chi connectivity index (χ0n) is 7.06. The molecule has 1 aromatic rings. The van der Waals surface area contributed by atoms with Gasteiger partial charge in [-0.25, -0.2) is 4.39 Å². The van der Waals surface area contributed by atoms with Crippen molar-refractivity contribution >= 4 is 15.9 Å². The van der Waals surface area contributed by atoms with Gasteiger partial charge in [-0.05, 0) is 36.5 Å². The molecule has 0 unspecified atom stereocenters. The summed E-state index contributed by atoms with van der Waals surface area (Å²) in [5.74, 6) is 0.160. The second kappa shape index (κ2) is 3.39. The Bertz CT molecular complexity index is 334. The fourth-order valence-electron chi connectivity index (χ4n) is 1.55. The maximum absolute atomic E-state index is 13.3. The fraction of sp³-hybridized carbons (Fsp3) is 0.400. The quantitative estimate of drug-likeness (QED) is 0.849. The van der Waals surface area contributed by atoms with Crippen molar-refractivity contribution in [3.63, 3.8) is 0 Å². The van der Waals surface area contributed by atoms with E-state index < -0.39 is 0 Å². The van der Waals surface area contributed by atoms with Crippen molar-refractivity contribution in [1.82, 2.24) is 0 Å². The first kappa shape index (κ1) is 9.16. The summed E-state index contributed by atoms with van der Waals surface area (Å²) in [5, 5.41) is 9.01. The van der Waals surface area contributed by atoms with Gasteiger partial charge in [-0.1, -0.05) is 15.9 Å². The van der Waals surface area contributed by atoms with E-state index in [1.807, 2.05) is 6.07 Å². The van der Waals surface area contributed by atoms with Crippen molar-refractivity contribution in [3.05, 3.63) is 33.5 Å². The van der Waals surface area contributed by atoms with Crippen molar-refractivity contribution < 1.29 is 9.50 Å². The molecule has 1 aliphatic rings. The highest BCUT2D eigenvalue weighted by Gasteiger charge is 2.27. The van der Waals surface area contributed by atoms with Crippen molar-refractivity contribution in [2.24, 2.45) is 0 Å². The Morgan fingerprint density at radius 2 is 2.15 bits per heavy atom. The normalized spacial score (nSPS) is 16.2. The first-order valence-electron chi connectivity index (χ1n) is 4.31. The van der Waals surface area contributed by atoms with E-state index in [9.17, 15) is 4.39 Å². The summed E-state index contributed by atoms with van der Waals surface area (Å²) in [7, 11) is 0. The molecule has 2 rings (SSSR count). The van der Waals surface area contributed by atoms with Crippen molar-refractivity contribution in [1.29, 1.82) is 0 Å². The molecule has 3 heteroatoms. The second-order valence-electron chi connectivity index (χ2n) is 3.39. The average molecular weight is 245 g/mol. The molecule has 1 saturated carbocycles. The SMILES string of the molecule is OCc1c(F)cc(Br)cc1C1CC1. The summed E-state index contributed by atoms with van der Waals surface area (Å²) in [4.78, 5) is 0. The Morgan fingerprint density at radius 3 is 2.69 bits per heavy atom. The first-order chi connectivity index (χ1) is 6.22. The number of hydrogen-bond acceptors (Lipinski definition) is 1. The lowest BCUT2D eigenvalue weighted by Crippen LogP contribution is -1.96. The maximum Gasteiger partial charge on any atom is 0.130 e. The number of aliphatic hydroxyl groups excluding tert-OH is 1. The standard InChI is InChI=1S/C10H10BrFO/c11-7-3-8(6-1-2-6)9(5-13)10(12)4-7/h3-4,6,13H,1-2,5H2. The minimum absolute atomic E-state index is 0.203. The van der Waals surface area contributed by atoms with E-state index in [1.54, 1.807) is 0 Å². The molecule has 0 saturated heterocycles. The Balaban J connectivity index is 2.50. The molecule has 70 valence electrons. The average Bonchev–Trinajstić information content (AvgIpc) is 2.85. The third kappa shape index (κ3) is 1.76. The zero-order chi connectivity index (χ0) is 9.42. The lowest BCUT2D eigenvalue weighted by molar-refractivity contribution is 0.274. The van der Waals surface area contributed by atoms with Gasteiger partial charge in [-0.2, -0.15) is 0 Å². The number of halogens is 2. The smallest absolute Gasteiger partial charge is 0.130 e. The van der Waals surface area contributed by atoms with Crippen LogP contribution in [-0.2, 0) is 6.61 Å². The van der Waals surface area contributed by atoms with Gasteiger partial charge in [0, 0.05) is 10.0 Å². The van der Waals surface area contributed by atoms with Crippen molar-refractivity contribution in [2.45, 2.75) is 25.4 Å². The van der Waals surface area contributed by atoms with E-state index >= 15 is 0 Å². The highest BCUT2D eigenvalue weighted by Crippen LogP contribution is 2.43. The summed E-state index contributed by atoms with van der Waals surface area (Å²) in [6.45, 7) is -0.203.